The van der Waals surface area contributed by atoms with Gasteiger partial charge in [-0.15, -0.1) is 0 Å². The van der Waals surface area contributed by atoms with E-state index in [-0.39, 0.29) is 0 Å². The van der Waals surface area contributed by atoms with Gasteiger partial charge in [0.25, 0.3) is 0 Å². The van der Waals surface area contributed by atoms with Gasteiger partial charge in [0.05, 0.1) is 6.61 Å². The van der Waals surface area contributed by atoms with E-state index in [0.29, 0.717) is 17.6 Å². The van der Waals surface area contributed by atoms with E-state index in [4.69, 9.17) is 14.8 Å². The van der Waals surface area contributed by atoms with Crippen LogP contribution < -0.4 is 5.46 Å². The zero-order valence-electron chi connectivity index (χ0n) is 8.96. The second kappa shape index (κ2) is 6.10. The molecule has 1 aromatic carbocycles. The van der Waals surface area contributed by atoms with E-state index in [1.54, 1.807) is 31.2 Å². The van der Waals surface area contributed by atoms with Gasteiger partial charge in [-0.2, -0.15) is 0 Å². The second-order valence-electron chi connectivity index (χ2n) is 3.09. The average Bonchev–Trinajstić information content (AvgIpc) is 2.27. The Kier molecular flexibility index (Phi) is 4.76. The molecule has 0 fully saturated rings. The van der Waals surface area contributed by atoms with Crippen LogP contribution in [0.5, 0.6) is 0 Å². The number of benzene rings is 1. The van der Waals surface area contributed by atoms with Gasteiger partial charge in [-0.1, -0.05) is 24.3 Å². The molecule has 0 aromatic heterocycles. The van der Waals surface area contributed by atoms with E-state index in [1.807, 2.05) is 0 Å². The molecule has 0 spiro atoms. The molecular weight excluding hydrogens is 207 g/mol. The van der Waals surface area contributed by atoms with E-state index in [2.05, 4.69) is 0 Å². The van der Waals surface area contributed by atoms with E-state index in [0.717, 1.165) is 0 Å². The highest BCUT2D eigenvalue weighted by Gasteiger charge is 2.13. The quantitative estimate of drug-likeness (QED) is 0.424. The minimum atomic E-state index is -1.55. The molecule has 0 saturated carbocycles. The highest BCUT2D eigenvalue weighted by Crippen LogP contribution is 2.00. The zero-order chi connectivity index (χ0) is 12.0. The SMILES string of the molecule is CCOC(=O)C=Cc1ccccc1B(O)O. The molecule has 0 aliphatic carbocycles. The molecule has 1 aromatic rings. The van der Waals surface area contributed by atoms with Gasteiger partial charge in [0, 0.05) is 6.08 Å². The van der Waals surface area contributed by atoms with E-state index in [9.17, 15) is 4.79 Å². The number of carbonyl (C=O) groups is 1. The van der Waals surface area contributed by atoms with Gasteiger partial charge in [0.15, 0.2) is 0 Å². The molecule has 0 radical (unpaired) electrons. The van der Waals surface area contributed by atoms with Crippen LogP contribution in [0.1, 0.15) is 12.5 Å². The van der Waals surface area contributed by atoms with Crippen molar-refractivity contribution in [3.8, 4) is 0 Å². The maximum Gasteiger partial charge on any atom is 0.489 e. The molecule has 1 rings (SSSR count). The normalized spacial score (nSPS) is 10.4. The van der Waals surface area contributed by atoms with Crippen LogP contribution in [-0.4, -0.2) is 29.7 Å². The molecule has 0 unspecified atom stereocenters. The molecule has 0 amide bonds. The molecule has 5 heteroatoms. The molecule has 2 N–H and O–H groups in total. The van der Waals surface area contributed by atoms with Gasteiger partial charge >= 0.3 is 13.1 Å². The van der Waals surface area contributed by atoms with Gasteiger partial charge < -0.3 is 14.8 Å². The van der Waals surface area contributed by atoms with Crippen molar-refractivity contribution in [2.45, 2.75) is 6.92 Å². The predicted molar refractivity (Wildman–Crippen MR) is 61.9 cm³/mol. The Morgan fingerprint density at radius 2 is 2.12 bits per heavy atom. The van der Waals surface area contributed by atoms with E-state index < -0.39 is 13.1 Å². The van der Waals surface area contributed by atoms with Crippen molar-refractivity contribution in [3.63, 3.8) is 0 Å². The maximum atomic E-state index is 11.1. The Labute approximate surface area is 94.3 Å². The fourth-order valence-electron chi connectivity index (χ4n) is 1.25. The van der Waals surface area contributed by atoms with Gasteiger partial charge in [-0.3, -0.25) is 0 Å². The van der Waals surface area contributed by atoms with Gasteiger partial charge in [-0.05, 0) is 24.0 Å². The van der Waals surface area contributed by atoms with Crippen LogP contribution in [0.2, 0.25) is 0 Å². The molecule has 4 nitrogen and oxygen atoms in total. The smallest absolute Gasteiger partial charge is 0.463 e. The molecular formula is C11H13BO4. The summed E-state index contributed by atoms with van der Waals surface area (Å²) < 4.78 is 4.71. The van der Waals surface area contributed by atoms with Crippen LogP contribution in [0.15, 0.2) is 30.3 Å². The molecule has 0 atom stereocenters. The number of hydrogen-bond acceptors (Lipinski definition) is 4. The minimum absolute atomic E-state index is 0.313. The fourth-order valence-corrected chi connectivity index (χ4v) is 1.25. The molecule has 0 heterocycles. The first kappa shape index (κ1) is 12.5. The predicted octanol–water partition coefficient (Wildman–Crippen LogP) is -0.0573. The summed E-state index contributed by atoms with van der Waals surface area (Å²) in [6.45, 7) is 2.03. The van der Waals surface area contributed by atoms with Crippen LogP contribution in [0, 0.1) is 0 Å². The minimum Gasteiger partial charge on any atom is -0.463 e. The van der Waals surface area contributed by atoms with Crippen LogP contribution in [0.4, 0.5) is 0 Å². The number of carbonyl (C=O) groups excluding carboxylic acids is 1. The summed E-state index contributed by atoms with van der Waals surface area (Å²) in [6, 6.07) is 6.70. The van der Waals surface area contributed by atoms with Crippen molar-refractivity contribution < 1.29 is 19.6 Å². The summed E-state index contributed by atoms with van der Waals surface area (Å²) in [5.74, 6) is -0.454. The summed E-state index contributed by atoms with van der Waals surface area (Å²) in [5, 5.41) is 18.2. The Morgan fingerprint density at radius 3 is 2.75 bits per heavy atom. The summed E-state index contributed by atoms with van der Waals surface area (Å²) in [4.78, 5) is 11.1. The summed E-state index contributed by atoms with van der Waals surface area (Å²) in [5.41, 5.74) is 0.925. The molecule has 16 heavy (non-hydrogen) atoms. The lowest BCUT2D eigenvalue weighted by Gasteiger charge is -2.03. The molecule has 0 bridgehead atoms. The number of hydrogen-bond donors (Lipinski definition) is 2. The van der Waals surface area contributed by atoms with Crippen molar-refractivity contribution in [2.24, 2.45) is 0 Å². The van der Waals surface area contributed by atoms with Gasteiger partial charge in [0.2, 0.25) is 0 Å². The number of rotatable bonds is 4. The Morgan fingerprint density at radius 1 is 1.44 bits per heavy atom. The zero-order valence-corrected chi connectivity index (χ0v) is 8.96. The first-order valence-electron chi connectivity index (χ1n) is 4.95. The van der Waals surface area contributed by atoms with Crippen LogP contribution >= 0.6 is 0 Å². The standard InChI is InChI=1S/C11H13BO4/c1-2-16-11(13)8-7-9-5-3-4-6-10(9)12(14)15/h3-8,14-15H,2H2,1H3. The lowest BCUT2D eigenvalue weighted by molar-refractivity contribution is -0.137. The lowest BCUT2D eigenvalue weighted by atomic mass is 9.77. The van der Waals surface area contributed by atoms with Crippen molar-refractivity contribution in [1.82, 2.24) is 0 Å². The highest BCUT2D eigenvalue weighted by atomic mass is 16.5. The van der Waals surface area contributed by atoms with Crippen LogP contribution in [-0.2, 0) is 9.53 Å². The Hall–Kier alpha value is -1.59. The number of esters is 1. The third kappa shape index (κ3) is 3.53. The first-order chi connectivity index (χ1) is 7.65. The largest absolute Gasteiger partial charge is 0.489 e. The van der Waals surface area contributed by atoms with Crippen LogP contribution in [0.25, 0.3) is 6.08 Å². The van der Waals surface area contributed by atoms with Gasteiger partial charge in [-0.25, -0.2) is 4.79 Å². The summed E-state index contributed by atoms with van der Waals surface area (Å²) >= 11 is 0. The monoisotopic (exact) mass is 220 g/mol. The Bertz CT molecular complexity index is 387. The topological polar surface area (TPSA) is 66.8 Å². The molecule has 0 saturated heterocycles. The fraction of sp³-hybridized carbons (Fsp3) is 0.182. The average molecular weight is 220 g/mol. The summed E-state index contributed by atoms with van der Waals surface area (Å²) in [7, 11) is -1.55. The first-order valence-corrected chi connectivity index (χ1v) is 4.95. The summed E-state index contributed by atoms with van der Waals surface area (Å²) in [6.07, 6.45) is 2.75. The molecule has 0 aliphatic rings. The van der Waals surface area contributed by atoms with Crippen molar-refractivity contribution >= 4 is 24.6 Å². The van der Waals surface area contributed by atoms with E-state index in [1.165, 1.54) is 12.2 Å². The third-order valence-electron chi connectivity index (χ3n) is 1.96. The highest BCUT2D eigenvalue weighted by molar-refractivity contribution is 6.59. The number of ether oxygens (including phenoxy) is 1. The lowest BCUT2D eigenvalue weighted by Crippen LogP contribution is -2.31. The van der Waals surface area contributed by atoms with Crippen molar-refractivity contribution in [3.05, 3.63) is 35.9 Å². The maximum absolute atomic E-state index is 11.1. The second-order valence-corrected chi connectivity index (χ2v) is 3.09. The van der Waals surface area contributed by atoms with E-state index >= 15 is 0 Å². The molecule has 84 valence electrons. The van der Waals surface area contributed by atoms with Crippen molar-refractivity contribution in [2.75, 3.05) is 6.61 Å². The third-order valence-corrected chi connectivity index (χ3v) is 1.96. The van der Waals surface area contributed by atoms with Gasteiger partial charge in [0.1, 0.15) is 0 Å². The Balaban J connectivity index is 2.84. The van der Waals surface area contributed by atoms with Crippen LogP contribution in [0.3, 0.4) is 0 Å². The molecule has 0 aliphatic heterocycles. The van der Waals surface area contributed by atoms with Crippen molar-refractivity contribution in [1.29, 1.82) is 0 Å².